The van der Waals surface area contributed by atoms with Gasteiger partial charge in [-0.15, -0.1) is 0 Å². The first-order chi connectivity index (χ1) is 19.5. The summed E-state index contributed by atoms with van der Waals surface area (Å²) in [5.74, 6) is 0.467. The van der Waals surface area contributed by atoms with Crippen LogP contribution in [0.25, 0.3) is 0 Å². The number of nitrogens with one attached hydrogen (secondary N) is 1. The summed E-state index contributed by atoms with van der Waals surface area (Å²) in [6.07, 6.45) is 0. The largest absolute Gasteiger partial charge is 0.493 e. The Bertz CT molecular complexity index is 1460. The van der Waals surface area contributed by atoms with Gasteiger partial charge in [-0.3, -0.25) is 9.52 Å². The smallest absolute Gasteiger partial charge is 0.262 e. The number of carbonyl (C=O) groups is 1. The van der Waals surface area contributed by atoms with Crippen molar-refractivity contribution in [2.24, 2.45) is 0 Å². The first-order valence-corrected chi connectivity index (χ1v) is 14.7. The maximum absolute atomic E-state index is 13.6. The van der Waals surface area contributed by atoms with Crippen molar-refractivity contribution in [3.8, 4) is 23.0 Å². The third-order valence-corrected chi connectivity index (χ3v) is 7.89. The van der Waals surface area contributed by atoms with Gasteiger partial charge in [0.15, 0.2) is 23.0 Å². The lowest BCUT2D eigenvalue weighted by Gasteiger charge is -2.27. The molecule has 0 atom stereocenters. The van der Waals surface area contributed by atoms with Crippen LogP contribution in [0.4, 0.5) is 5.69 Å². The molecule has 1 heterocycles. The molecule has 3 aromatic rings. The van der Waals surface area contributed by atoms with Crippen molar-refractivity contribution in [2.75, 3.05) is 51.3 Å². The van der Waals surface area contributed by atoms with Crippen molar-refractivity contribution in [3.05, 3.63) is 71.8 Å². The number of benzene rings is 3. The minimum absolute atomic E-state index is 0.0105. The molecular weight excluding hydrogens is 548 g/mol. The summed E-state index contributed by atoms with van der Waals surface area (Å²) in [7, 11) is -2.64. The molecule has 3 aromatic carbocycles. The van der Waals surface area contributed by atoms with E-state index in [1.165, 1.54) is 31.4 Å². The minimum atomic E-state index is -4.12. The van der Waals surface area contributed by atoms with E-state index in [4.69, 9.17) is 18.9 Å². The number of ether oxygens (including phenoxy) is 4. The molecule has 0 unspecified atom stereocenters. The number of nitrogens with zero attached hydrogens (tertiary/aromatic N) is 1. The fourth-order valence-electron chi connectivity index (χ4n) is 4.27. The van der Waals surface area contributed by atoms with Crippen molar-refractivity contribution >= 4 is 21.6 Å². The number of aliphatic hydroxyl groups excluding tert-OH is 1. The molecule has 11 heteroatoms. The maximum Gasteiger partial charge on any atom is 0.262 e. The van der Waals surface area contributed by atoms with Gasteiger partial charge < -0.3 is 29.0 Å². The van der Waals surface area contributed by atoms with Crippen LogP contribution < -0.4 is 18.9 Å². The number of carbonyl (C=O) groups excluding carboxylic acids is 1. The van der Waals surface area contributed by atoms with E-state index in [0.29, 0.717) is 37.8 Å². The molecule has 0 aromatic heterocycles. The Morgan fingerprint density at radius 1 is 1.00 bits per heavy atom. The predicted molar refractivity (Wildman–Crippen MR) is 155 cm³/mol. The Morgan fingerprint density at radius 3 is 2.27 bits per heavy atom. The lowest BCUT2D eigenvalue weighted by Crippen LogP contribution is -2.40. The van der Waals surface area contributed by atoms with Gasteiger partial charge >= 0.3 is 0 Å². The SMILES string of the molecule is COc1ccccc1Oc1c(NS(=O)(=O)c2ccc(C(C)(C)C)cc2)cc(C(=O)N2CCOCC2)cc1OCCO. The number of anilines is 1. The molecule has 2 N–H and O–H groups in total. The molecule has 0 bridgehead atoms. The van der Waals surface area contributed by atoms with Crippen molar-refractivity contribution < 1.29 is 37.3 Å². The standard InChI is InChI=1S/C30H36N2O8S/c1-30(2,3)22-9-11-23(12-10-22)41(35,36)31-24-19-21(29(34)32-13-16-38-17-14-32)20-27(39-18-15-33)28(24)40-26-8-6-5-7-25(26)37-4/h5-12,19-20,31,33H,13-18H2,1-4H3. The van der Waals surface area contributed by atoms with Crippen molar-refractivity contribution in [2.45, 2.75) is 31.1 Å². The monoisotopic (exact) mass is 584 g/mol. The first-order valence-electron chi connectivity index (χ1n) is 13.3. The van der Waals surface area contributed by atoms with Crippen LogP contribution >= 0.6 is 0 Å². The summed E-state index contributed by atoms with van der Waals surface area (Å²) in [4.78, 5) is 15.1. The molecule has 1 aliphatic rings. The van der Waals surface area contributed by atoms with E-state index in [2.05, 4.69) is 4.72 Å². The average Bonchev–Trinajstić information content (AvgIpc) is 2.97. The summed E-state index contributed by atoms with van der Waals surface area (Å²) in [5.41, 5.74) is 1.00. The van der Waals surface area contributed by atoms with Crippen LogP contribution in [0.1, 0.15) is 36.7 Å². The number of aliphatic hydroxyl groups is 1. The topological polar surface area (TPSA) is 124 Å². The van der Waals surface area contributed by atoms with Gasteiger partial charge in [-0.25, -0.2) is 8.42 Å². The van der Waals surface area contributed by atoms with E-state index in [-0.39, 0.29) is 52.2 Å². The highest BCUT2D eigenvalue weighted by molar-refractivity contribution is 7.92. The van der Waals surface area contributed by atoms with Gasteiger partial charge in [0, 0.05) is 18.7 Å². The van der Waals surface area contributed by atoms with Crippen molar-refractivity contribution in [3.63, 3.8) is 0 Å². The minimum Gasteiger partial charge on any atom is -0.493 e. The zero-order chi connectivity index (χ0) is 29.6. The number of hydrogen-bond acceptors (Lipinski definition) is 8. The van der Waals surface area contributed by atoms with Gasteiger partial charge in [-0.1, -0.05) is 45.0 Å². The lowest BCUT2D eigenvalue weighted by molar-refractivity contribution is 0.0302. The van der Waals surface area contributed by atoms with Gasteiger partial charge in [-0.05, 0) is 47.4 Å². The number of morpholine rings is 1. The fraction of sp³-hybridized carbons (Fsp3) is 0.367. The number of rotatable bonds is 10. The lowest BCUT2D eigenvalue weighted by atomic mass is 9.87. The molecule has 1 aliphatic heterocycles. The van der Waals surface area contributed by atoms with Gasteiger partial charge in [-0.2, -0.15) is 0 Å². The summed E-state index contributed by atoms with van der Waals surface area (Å²) in [5, 5.41) is 9.47. The van der Waals surface area contributed by atoms with E-state index in [9.17, 15) is 18.3 Å². The van der Waals surface area contributed by atoms with Gasteiger partial charge in [0.05, 0.1) is 37.5 Å². The van der Waals surface area contributed by atoms with Gasteiger partial charge in [0.1, 0.15) is 6.61 Å². The van der Waals surface area contributed by atoms with Crippen LogP contribution in [-0.4, -0.2) is 71.0 Å². The molecule has 1 saturated heterocycles. The van der Waals surface area contributed by atoms with Crippen LogP contribution in [0.3, 0.4) is 0 Å². The maximum atomic E-state index is 13.6. The number of hydrogen-bond donors (Lipinski definition) is 2. The quantitative estimate of drug-likeness (QED) is 0.359. The van der Waals surface area contributed by atoms with E-state index >= 15 is 0 Å². The Labute approximate surface area is 240 Å². The molecule has 220 valence electrons. The molecule has 10 nitrogen and oxygen atoms in total. The predicted octanol–water partition coefficient (Wildman–Crippen LogP) is 4.43. The zero-order valence-electron chi connectivity index (χ0n) is 23.7. The second-order valence-corrected chi connectivity index (χ2v) is 12.1. The van der Waals surface area contributed by atoms with Crippen LogP contribution in [0.5, 0.6) is 23.0 Å². The summed E-state index contributed by atoms with van der Waals surface area (Å²) in [6, 6.07) is 16.4. The summed E-state index contributed by atoms with van der Waals surface area (Å²) in [6.45, 7) is 7.30. The molecule has 1 amide bonds. The van der Waals surface area contributed by atoms with Crippen LogP contribution in [0.2, 0.25) is 0 Å². The normalized spacial score (nSPS) is 13.9. The molecule has 0 aliphatic carbocycles. The molecule has 1 fully saturated rings. The molecule has 4 rings (SSSR count). The van der Waals surface area contributed by atoms with E-state index in [1.54, 1.807) is 41.3 Å². The number of sulfonamides is 1. The van der Waals surface area contributed by atoms with Crippen molar-refractivity contribution in [1.29, 1.82) is 0 Å². The Kier molecular flexibility index (Phi) is 9.42. The van der Waals surface area contributed by atoms with E-state index in [0.717, 1.165) is 5.56 Å². The highest BCUT2D eigenvalue weighted by atomic mass is 32.2. The summed E-state index contributed by atoms with van der Waals surface area (Å²) >= 11 is 0. The summed E-state index contributed by atoms with van der Waals surface area (Å²) < 4.78 is 52.6. The number of para-hydroxylation sites is 2. The Balaban J connectivity index is 1.82. The van der Waals surface area contributed by atoms with Crippen LogP contribution in [0, 0.1) is 0 Å². The molecule has 0 saturated carbocycles. The van der Waals surface area contributed by atoms with Crippen LogP contribution in [-0.2, 0) is 20.2 Å². The second-order valence-electron chi connectivity index (χ2n) is 10.5. The molecular formula is C30H36N2O8S. The molecule has 0 radical (unpaired) electrons. The first kappa shape index (κ1) is 30.2. The van der Waals surface area contributed by atoms with Crippen LogP contribution in [0.15, 0.2) is 65.6 Å². The number of methoxy groups -OCH3 is 1. The third kappa shape index (κ3) is 7.29. The van der Waals surface area contributed by atoms with Gasteiger partial charge in [0.25, 0.3) is 15.9 Å². The zero-order valence-corrected chi connectivity index (χ0v) is 24.5. The Morgan fingerprint density at radius 2 is 1.66 bits per heavy atom. The van der Waals surface area contributed by atoms with E-state index in [1.807, 2.05) is 20.8 Å². The highest BCUT2D eigenvalue weighted by Gasteiger charge is 2.27. The second kappa shape index (κ2) is 12.8. The van der Waals surface area contributed by atoms with Gasteiger partial charge in [0.2, 0.25) is 0 Å². The van der Waals surface area contributed by atoms with E-state index < -0.39 is 10.0 Å². The highest BCUT2D eigenvalue weighted by Crippen LogP contribution is 2.43. The average molecular weight is 585 g/mol. The number of amides is 1. The fourth-order valence-corrected chi connectivity index (χ4v) is 5.32. The Hall–Kier alpha value is -3.80. The third-order valence-electron chi connectivity index (χ3n) is 6.51. The molecule has 41 heavy (non-hydrogen) atoms. The molecule has 0 spiro atoms. The van der Waals surface area contributed by atoms with Crippen molar-refractivity contribution in [1.82, 2.24) is 4.90 Å².